The molecule has 0 radical (unpaired) electrons. The molecule has 1 saturated carbocycles. The summed E-state index contributed by atoms with van der Waals surface area (Å²) in [6.45, 7) is 3.94. The molecule has 0 aromatic heterocycles. The summed E-state index contributed by atoms with van der Waals surface area (Å²) in [7, 11) is 0. The quantitative estimate of drug-likeness (QED) is 0.686. The monoisotopic (exact) mass is 183 g/mol. The summed E-state index contributed by atoms with van der Waals surface area (Å²) >= 11 is 0. The first-order valence-electron chi connectivity index (χ1n) is 5.38. The molecule has 0 spiro atoms. The third-order valence-electron chi connectivity index (χ3n) is 2.88. The highest BCUT2D eigenvalue weighted by molar-refractivity contribution is 5.87. The summed E-state index contributed by atoms with van der Waals surface area (Å²) in [4.78, 5) is 11.7. The Balaban J connectivity index is 2.26. The van der Waals surface area contributed by atoms with Crippen LogP contribution >= 0.6 is 0 Å². The second-order valence-corrected chi connectivity index (χ2v) is 4.57. The minimum Gasteiger partial charge on any atom is -0.319 e. The fraction of sp³-hybridized carbons (Fsp3) is 0.909. The van der Waals surface area contributed by atoms with Crippen molar-refractivity contribution in [2.45, 2.75) is 57.9 Å². The highest BCUT2D eigenvalue weighted by Crippen LogP contribution is 2.34. The molecule has 0 heterocycles. The fourth-order valence-corrected chi connectivity index (χ4v) is 1.69. The number of carbonyl (C=O) groups is 1. The van der Waals surface area contributed by atoms with Crippen LogP contribution in [0.15, 0.2) is 0 Å². The maximum Gasteiger partial charge on any atom is 0.152 e. The average Bonchev–Trinajstić information content (AvgIpc) is 2.83. The molecule has 0 aromatic rings. The van der Waals surface area contributed by atoms with Crippen molar-refractivity contribution >= 4 is 5.78 Å². The largest absolute Gasteiger partial charge is 0.319 e. The molecule has 0 bridgehead atoms. The molecule has 1 unspecified atom stereocenters. The van der Waals surface area contributed by atoms with E-state index in [1.165, 1.54) is 12.8 Å². The van der Waals surface area contributed by atoms with Gasteiger partial charge in [0.05, 0.1) is 5.54 Å². The van der Waals surface area contributed by atoms with Gasteiger partial charge in [0.2, 0.25) is 0 Å². The van der Waals surface area contributed by atoms with Gasteiger partial charge in [0, 0.05) is 6.42 Å². The zero-order chi connectivity index (χ0) is 9.90. The van der Waals surface area contributed by atoms with E-state index in [0.29, 0.717) is 6.42 Å². The van der Waals surface area contributed by atoms with Crippen LogP contribution in [0.4, 0.5) is 0 Å². The highest BCUT2D eigenvalue weighted by Gasteiger charge is 2.29. The number of ketones is 1. The minimum atomic E-state index is -0.566. The standard InChI is InChI=1S/C11H21NO/c1-3-8-11(2,12)10(13)7-6-9-4-5-9/h9H,3-8,12H2,1-2H3. The van der Waals surface area contributed by atoms with Crippen molar-refractivity contribution in [2.75, 3.05) is 0 Å². The van der Waals surface area contributed by atoms with Gasteiger partial charge in [-0.15, -0.1) is 0 Å². The number of hydrogen-bond acceptors (Lipinski definition) is 2. The molecule has 2 nitrogen and oxygen atoms in total. The van der Waals surface area contributed by atoms with Gasteiger partial charge in [0.1, 0.15) is 0 Å². The third kappa shape index (κ3) is 3.47. The molecule has 2 N–H and O–H groups in total. The Bertz CT molecular complexity index is 183. The molecular formula is C11H21NO. The van der Waals surface area contributed by atoms with Crippen LogP contribution in [-0.4, -0.2) is 11.3 Å². The van der Waals surface area contributed by atoms with Gasteiger partial charge in [-0.1, -0.05) is 26.2 Å². The predicted octanol–water partition coefficient (Wildman–Crippen LogP) is 2.26. The Labute approximate surface area is 80.9 Å². The van der Waals surface area contributed by atoms with Crippen LogP contribution in [0.1, 0.15) is 52.4 Å². The van der Waals surface area contributed by atoms with Crippen LogP contribution in [0.3, 0.4) is 0 Å². The Hall–Kier alpha value is -0.370. The smallest absolute Gasteiger partial charge is 0.152 e. The zero-order valence-corrected chi connectivity index (χ0v) is 8.81. The molecule has 1 rings (SSSR count). The summed E-state index contributed by atoms with van der Waals surface area (Å²) in [6.07, 6.45) is 6.20. The van der Waals surface area contributed by atoms with Crippen molar-refractivity contribution in [1.82, 2.24) is 0 Å². The Morgan fingerprint density at radius 1 is 1.54 bits per heavy atom. The molecular weight excluding hydrogens is 162 g/mol. The zero-order valence-electron chi connectivity index (χ0n) is 8.81. The average molecular weight is 183 g/mol. The van der Waals surface area contributed by atoms with Gasteiger partial charge in [0.25, 0.3) is 0 Å². The maximum atomic E-state index is 11.7. The van der Waals surface area contributed by atoms with Crippen molar-refractivity contribution in [2.24, 2.45) is 11.7 Å². The van der Waals surface area contributed by atoms with E-state index in [-0.39, 0.29) is 5.78 Å². The van der Waals surface area contributed by atoms with Gasteiger partial charge in [-0.25, -0.2) is 0 Å². The van der Waals surface area contributed by atoms with E-state index >= 15 is 0 Å². The highest BCUT2D eigenvalue weighted by atomic mass is 16.1. The molecule has 13 heavy (non-hydrogen) atoms. The molecule has 0 aromatic carbocycles. The van der Waals surface area contributed by atoms with Gasteiger partial charge in [-0.3, -0.25) is 4.79 Å². The molecule has 1 atom stereocenters. The number of rotatable bonds is 6. The van der Waals surface area contributed by atoms with Crippen LogP contribution in [-0.2, 0) is 4.79 Å². The van der Waals surface area contributed by atoms with Crippen molar-refractivity contribution in [3.63, 3.8) is 0 Å². The third-order valence-corrected chi connectivity index (χ3v) is 2.88. The van der Waals surface area contributed by atoms with Crippen LogP contribution in [0.25, 0.3) is 0 Å². The lowest BCUT2D eigenvalue weighted by Gasteiger charge is -2.22. The Kier molecular flexibility index (Phi) is 3.48. The molecule has 0 amide bonds. The molecule has 2 heteroatoms. The molecule has 1 fully saturated rings. The van der Waals surface area contributed by atoms with E-state index in [2.05, 4.69) is 6.92 Å². The number of hydrogen-bond donors (Lipinski definition) is 1. The number of Topliss-reactive ketones (excluding diaryl/α,β-unsaturated/α-hetero) is 1. The summed E-state index contributed by atoms with van der Waals surface area (Å²) < 4.78 is 0. The van der Waals surface area contributed by atoms with E-state index < -0.39 is 5.54 Å². The number of nitrogens with two attached hydrogens (primary N) is 1. The van der Waals surface area contributed by atoms with E-state index in [1.807, 2.05) is 6.92 Å². The van der Waals surface area contributed by atoms with E-state index in [1.54, 1.807) is 0 Å². The van der Waals surface area contributed by atoms with Crippen molar-refractivity contribution < 1.29 is 4.79 Å². The van der Waals surface area contributed by atoms with E-state index in [4.69, 9.17) is 5.73 Å². The second kappa shape index (κ2) is 4.23. The normalized spacial score (nSPS) is 21.2. The number of carbonyl (C=O) groups excluding carboxylic acids is 1. The minimum absolute atomic E-state index is 0.251. The summed E-state index contributed by atoms with van der Waals surface area (Å²) in [5.74, 6) is 1.09. The van der Waals surface area contributed by atoms with Gasteiger partial charge in [0.15, 0.2) is 5.78 Å². The molecule has 1 aliphatic carbocycles. The van der Waals surface area contributed by atoms with Crippen LogP contribution < -0.4 is 5.73 Å². The van der Waals surface area contributed by atoms with Crippen LogP contribution in [0, 0.1) is 5.92 Å². The lowest BCUT2D eigenvalue weighted by molar-refractivity contribution is -0.124. The Morgan fingerprint density at radius 3 is 2.62 bits per heavy atom. The summed E-state index contributed by atoms with van der Waals surface area (Å²) in [5.41, 5.74) is 5.36. The molecule has 76 valence electrons. The lowest BCUT2D eigenvalue weighted by atomic mass is 9.89. The summed E-state index contributed by atoms with van der Waals surface area (Å²) in [5, 5.41) is 0. The Morgan fingerprint density at radius 2 is 2.15 bits per heavy atom. The fourth-order valence-electron chi connectivity index (χ4n) is 1.69. The van der Waals surface area contributed by atoms with Crippen LogP contribution in [0.2, 0.25) is 0 Å². The van der Waals surface area contributed by atoms with Gasteiger partial charge >= 0.3 is 0 Å². The maximum absolute atomic E-state index is 11.7. The summed E-state index contributed by atoms with van der Waals surface area (Å²) in [6, 6.07) is 0. The first-order chi connectivity index (χ1) is 6.06. The van der Waals surface area contributed by atoms with Gasteiger partial charge < -0.3 is 5.73 Å². The van der Waals surface area contributed by atoms with E-state index in [0.717, 1.165) is 25.2 Å². The topological polar surface area (TPSA) is 43.1 Å². The molecule has 1 aliphatic rings. The van der Waals surface area contributed by atoms with E-state index in [9.17, 15) is 4.79 Å². The predicted molar refractivity (Wildman–Crippen MR) is 54.5 cm³/mol. The van der Waals surface area contributed by atoms with Crippen LogP contribution in [0.5, 0.6) is 0 Å². The van der Waals surface area contributed by atoms with Crippen molar-refractivity contribution in [3.8, 4) is 0 Å². The molecule has 0 aliphatic heterocycles. The first-order valence-corrected chi connectivity index (χ1v) is 5.38. The van der Waals surface area contributed by atoms with Gasteiger partial charge in [-0.2, -0.15) is 0 Å². The van der Waals surface area contributed by atoms with Gasteiger partial charge in [-0.05, 0) is 25.7 Å². The van der Waals surface area contributed by atoms with Crippen molar-refractivity contribution in [1.29, 1.82) is 0 Å². The lowest BCUT2D eigenvalue weighted by Crippen LogP contribution is -2.44. The second-order valence-electron chi connectivity index (χ2n) is 4.57. The molecule has 0 saturated heterocycles. The SMILES string of the molecule is CCCC(C)(N)C(=O)CCC1CC1. The van der Waals surface area contributed by atoms with Crippen molar-refractivity contribution in [3.05, 3.63) is 0 Å². The first kappa shape index (κ1) is 10.7.